The van der Waals surface area contributed by atoms with Gasteiger partial charge >= 0.3 is 11.9 Å². The monoisotopic (exact) mass is 209 g/mol. The van der Waals surface area contributed by atoms with E-state index in [-0.39, 0.29) is 12.3 Å². The van der Waals surface area contributed by atoms with Crippen LogP contribution in [0.3, 0.4) is 0 Å². The van der Waals surface area contributed by atoms with Crippen molar-refractivity contribution in [2.75, 3.05) is 6.54 Å². The molecule has 80 valence electrons. The summed E-state index contributed by atoms with van der Waals surface area (Å²) in [6, 6.07) is 6.49. The Morgan fingerprint density at radius 3 is 2.33 bits per heavy atom. The largest absolute Gasteiger partial charge is 0.508 e. The molecule has 0 spiro atoms. The Kier molecular flexibility index (Phi) is 3.68. The first kappa shape index (κ1) is 11.0. The van der Waals surface area contributed by atoms with Gasteiger partial charge in [0.15, 0.2) is 0 Å². The molecule has 0 saturated carbocycles. The molecule has 1 aromatic rings. The molecule has 0 saturated heterocycles. The van der Waals surface area contributed by atoms with Crippen LogP contribution < -0.4 is 5.32 Å². The van der Waals surface area contributed by atoms with E-state index >= 15 is 0 Å². The average molecular weight is 209 g/mol. The third kappa shape index (κ3) is 3.68. The van der Waals surface area contributed by atoms with Gasteiger partial charge in [-0.3, -0.25) is 4.79 Å². The van der Waals surface area contributed by atoms with Crippen molar-refractivity contribution in [3.63, 3.8) is 0 Å². The van der Waals surface area contributed by atoms with Gasteiger partial charge in [0.1, 0.15) is 5.75 Å². The Bertz CT molecular complexity index is 358. The normalized spacial score (nSPS) is 9.60. The van der Waals surface area contributed by atoms with Crippen molar-refractivity contribution in [2.45, 2.75) is 6.42 Å². The van der Waals surface area contributed by atoms with Gasteiger partial charge in [-0.15, -0.1) is 0 Å². The number of benzene rings is 1. The van der Waals surface area contributed by atoms with Crippen molar-refractivity contribution < 1.29 is 19.8 Å². The summed E-state index contributed by atoms with van der Waals surface area (Å²) < 4.78 is 0. The lowest BCUT2D eigenvalue weighted by molar-refractivity contribution is -0.150. The molecule has 0 radical (unpaired) electrons. The molecular formula is C10H11NO4. The minimum Gasteiger partial charge on any atom is -0.508 e. The van der Waals surface area contributed by atoms with Crippen molar-refractivity contribution >= 4 is 11.9 Å². The number of phenolic OH excluding ortho intramolecular Hbond substituents is 1. The summed E-state index contributed by atoms with van der Waals surface area (Å²) in [5.41, 5.74) is 0.915. The van der Waals surface area contributed by atoms with Gasteiger partial charge in [-0.1, -0.05) is 12.1 Å². The zero-order chi connectivity index (χ0) is 11.3. The van der Waals surface area contributed by atoms with Gasteiger partial charge in [0.05, 0.1) is 0 Å². The SMILES string of the molecule is O=C(O)C(=O)NCCc1ccc(O)cc1. The van der Waals surface area contributed by atoms with Crippen LogP contribution in [0.5, 0.6) is 5.75 Å². The number of hydrogen-bond acceptors (Lipinski definition) is 3. The molecule has 1 amide bonds. The van der Waals surface area contributed by atoms with E-state index in [4.69, 9.17) is 10.2 Å². The van der Waals surface area contributed by atoms with Crippen LogP contribution in [-0.2, 0) is 16.0 Å². The predicted molar refractivity (Wildman–Crippen MR) is 52.5 cm³/mol. The van der Waals surface area contributed by atoms with Crippen molar-refractivity contribution in [1.29, 1.82) is 0 Å². The number of phenols is 1. The zero-order valence-corrected chi connectivity index (χ0v) is 7.93. The lowest BCUT2D eigenvalue weighted by atomic mass is 10.1. The first-order valence-corrected chi connectivity index (χ1v) is 4.38. The van der Waals surface area contributed by atoms with Crippen molar-refractivity contribution in [1.82, 2.24) is 5.32 Å². The Labute approximate surface area is 86.4 Å². The van der Waals surface area contributed by atoms with Gasteiger partial charge in [0.25, 0.3) is 0 Å². The summed E-state index contributed by atoms with van der Waals surface area (Å²) in [7, 11) is 0. The number of aliphatic carboxylic acids is 1. The number of nitrogens with one attached hydrogen (secondary N) is 1. The quantitative estimate of drug-likeness (QED) is 0.618. The van der Waals surface area contributed by atoms with Gasteiger partial charge in [0.2, 0.25) is 0 Å². The number of carboxylic acid groups (broad SMARTS) is 1. The maximum absolute atomic E-state index is 10.6. The number of carbonyl (C=O) groups is 2. The number of hydrogen-bond donors (Lipinski definition) is 3. The molecule has 0 aliphatic heterocycles. The van der Waals surface area contributed by atoms with E-state index < -0.39 is 11.9 Å². The highest BCUT2D eigenvalue weighted by Crippen LogP contribution is 2.09. The minimum atomic E-state index is -1.49. The van der Waals surface area contributed by atoms with Crippen LogP contribution in [0.25, 0.3) is 0 Å². The minimum absolute atomic E-state index is 0.174. The van der Waals surface area contributed by atoms with Gasteiger partial charge in [-0.2, -0.15) is 0 Å². The number of amides is 1. The highest BCUT2D eigenvalue weighted by Gasteiger charge is 2.08. The van der Waals surface area contributed by atoms with Crippen LogP contribution in [0.2, 0.25) is 0 Å². The third-order valence-electron chi connectivity index (χ3n) is 1.83. The van der Waals surface area contributed by atoms with Gasteiger partial charge < -0.3 is 15.5 Å². The summed E-state index contributed by atoms with van der Waals surface area (Å²) in [6.07, 6.45) is 0.527. The van der Waals surface area contributed by atoms with Gasteiger partial charge in [0, 0.05) is 6.54 Å². The lowest BCUT2D eigenvalue weighted by Gasteiger charge is -2.02. The Morgan fingerprint density at radius 1 is 1.20 bits per heavy atom. The highest BCUT2D eigenvalue weighted by atomic mass is 16.4. The summed E-state index contributed by atoms with van der Waals surface area (Å²) in [5, 5.41) is 19.5. The number of carboxylic acids is 1. The fraction of sp³-hybridized carbons (Fsp3) is 0.200. The number of carbonyl (C=O) groups excluding carboxylic acids is 1. The van der Waals surface area contributed by atoms with Crippen LogP contribution in [-0.4, -0.2) is 28.6 Å². The van der Waals surface area contributed by atoms with Crippen LogP contribution >= 0.6 is 0 Å². The maximum Gasteiger partial charge on any atom is 0.394 e. The van der Waals surface area contributed by atoms with E-state index in [1.54, 1.807) is 12.1 Å². The first-order valence-electron chi connectivity index (χ1n) is 4.38. The fourth-order valence-corrected chi connectivity index (χ4v) is 1.06. The van der Waals surface area contributed by atoms with E-state index in [2.05, 4.69) is 5.32 Å². The molecule has 0 unspecified atom stereocenters. The molecule has 5 heteroatoms. The Morgan fingerprint density at radius 2 is 1.80 bits per heavy atom. The molecule has 5 nitrogen and oxygen atoms in total. The van der Waals surface area contributed by atoms with Crippen LogP contribution in [0.4, 0.5) is 0 Å². The lowest BCUT2D eigenvalue weighted by Crippen LogP contribution is -2.32. The summed E-state index contributed by atoms with van der Waals surface area (Å²) in [4.78, 5) is 20.8. The summed E-state index contributed by atoms with van der Waals surface area (Å²) >= 11 is 0. The molecule has 1 rings (SSSR count). The maximum atomic E-state index is 10.6. The molecule has 0 heterocycles. The van der Waals surface area contributed by atoms with Crippen molar-refractivity contribution in [2.24, 2.45) is 0 Å². The average Bonchev–Trinajstić information content (AvgIpc) is 2.20. The van der Waals surface area contributed by atoms with E-state index in [9.17, 15) is 9.59 Å². The second-order valence-corrected chi connectivity index (χ2v) is 2.98. The van der Waals surface area contributed by atoms with Crippen molar-refractivity contribution in [3.05, 3.63) is 29.8 Å². The molecule has 0 bridgehead atoms. The molecule has 0 aromatic heterocycles. The van der Waals surface area contributed by atoms with Gasteiger partial charge in [-0.25, -0.2) is 4.79 Å². The smallest absolute Gasteiger partial charge is 0.394 e. The van der Waals surface area contributed by atoms with Crippen LogP contribution in [0.1, 0.15) is 5.56 Å². The van der Waals surface area contributed by atoms with E-state index in [0.717, 1.165) is 5.56 Å². The topological polar surface area (TPSA) is 86.6 Å². The molecule has 15 heavy (non-hydrogen) atoms. The molecule has 0 aliphatic carbocycles. The molecule has 0 fully saturated rings. The van der Waals surface area contributed by atoms with Crippen LogP contribution in [0.15, 0.2) is 24.3 Å². The predicted octanol–water partition coefficient (Wildman–Crippen LogP) is 0.135. The van der Waals surface area contributed by atoms with Crippen molar-refractivity contribution in [3.8, 4) is 5.75 Å². The number of rotatable bonds is 3. The second-order valence-electron chi connectivity index (χ2n) is 2.98. The number of aromatic hydroxyl groups is 1. The van der Waals surface area contributed by atoms with Crippen LogP contribution in [0, 0.1) is 0 Å². The van der Waals surface area contributed by atoms with E-state index in [1.165, 1.54) is 12.1 Å². The summed E-state index contributed by atoms with van der Waals surface area (Å²) in [5.74, 6) is -2.32. The van der Waals surface area contributed by atoms with E-state index in [1.807, 2.05) is 0 Å². The van der Waals surface area contributed by atoms with Gasteiger partial charge in [-0.05, 0) is 24.1 Å². The molecule has 1 aromatic carbocycles. The highest BCUT2D eigenvalue weighted by molar-refractivity contribution is 6.31. The molecule has 0 aliphatic rings. The molecular weight excluding hydrogens is 198 g/mol. The Balaban J connectivity index is 2.35. The standard InChI is InChI=1S/C10H11NO4/c12-8-3-1-7(2-4-8)5-6-11-9(13)10(14)15/h1-4,12H,5-6H2,(H,11,13)(H,14,15). The first-order chi connectivity index (χ1) is 7.09. The molecule has 3 N–H and O–H groups in total. The fourth-order valence-electron chi connectivity index (χ4n) is 1.06. The Hall–Kier alpha value is -2.04. The third-order valence-corrected chi connectivity index (χ3v) is 1.83. The second kappa shape index (κ2) is 4.99. The molecule has 0 atom stereocenters. The zero-order valence-electron chi connectivity index (χ0n) is 7.93. The van der Waals surface area contributed by atoms with E-state index in [0.29, 0.717) is 6.42 Å². The summed E-state index contributed by atoms with van der Waals surface area (Å²) in [6.45, 7) is 0.260.